The molecule has 0 saturated carbocycles. The predicted octanol–water partition coefficient (Wildman–Crippen LogP) is 5.15. The van der Waals surface area contributed by atoms with Gasteiger partial charge in [-0.05, 0) is 84.9 Å². The van der Waals surface area contributed by atoms with Crippen molar-refractivity contribution in [3.05, 3.63) is 77.4 Å². The molecule has 0 bridgehead atoms. The molecular formula is C30H27F4N5O5. The molecule has 1 aromatic heterocycles. The fraction of sp³-hybridized carbons (Fsp3) is 0.367. The number of alkyl halides is 4. The fourth-order valence-electron chi connectivity index (χ4n) is 6.03. The second-order valence-corrected chi connectivity index (χ2v) is 11.0. The summed E-state index contributed by atoms with van der Waals surface area (Å²) in [6.07, 6.45) is -6.63. The summed E-state index contributed by atoms with van der Waals surface area (Å²) < 4.78 is 73.5. The van der Waals surface area contributed by atoms with E-state index >= 15 is 0 Å². The lowest BCUT2D eigenvalue weighted by Crippen LogP contribution is -2.44. The number of halogens is 4. The van der Waals surface area contributed by atoms with Crippen LogP contribution in [-0.2, 0) is 18.7 Å². The van der Waals surface area contributed by atoms with Crippen molar-refractivity contribution in [2.45, 2.75) is 51.0 Å². The molecule has 0 radical (unpaired) electrons. The Hall–Kier alpha value is -4.43. The number of hydrogen-bond acceptors (Lipinski definition) is 9. The quantitative estimate of drug-likeness (QED) is 0.284. The first-order chi connectivity index (χ1) is 21.0. The number of hydrogen-bond donors (Lipinski definition) is 1. The van der Waals surface area contributed by atoms with Gasteiger partial charge in [-0.2, -0.15) is 4.80 Å². The van der Waals surface area contributed by atoms with Crippen LogP contribution in [0.2, 0.25) is 0 Å². The number of nitrogens with zero attached hydrogens (tertiary/aromatic N) is 5. The van der Waals surface area contributed by atoms with Gasteiger partial charge in [-0.25, -0.2) is 0 Å². The predicted molar refractivity (Wildman–Crippen MR) is 145 cm³/mol. The zero-order valence-electron chi connectivity index (χ0n) is 23.4. The maximum atomic E-state index is 13.8. The highest BCUT2D eigenvalue weighted by molar-refractivity contribution is 5.55. The summed E-state index contributed by atoms with van der Waals surface area (Å²) in [5.74, 6) is -0.651. The Morgan fingerprint density at radius 1 is 0.818 bits per heavy atom. The van der Waals surface area contributed by atoms with E-state index in [9.17, 15) is 22.7 Å². The van der Waals surface area contributed by atoms with Crippen LogP contribution in [0.4, 0.5) is 17.6 Å². The molecule has 3 aliphatic rings. The average Bonchev–Trinajstić information content (AvgIpc) is 3.69. The van der Waals surface area contributed by atoms with Crippen LogP contribution < -0.4 is 18.9 Å². The van der Waals surface area contributed by atoms with E-state index in [0.29, 0.717) is 44.8 Å². The lowest BCUT2D eigenvalue weighted by Gasteiger charge is -2.42. The number of benzene rings is 3. The number of piperidine rings is 1. The van der Waals surface area contributed by atoms with Crippen molar-refractivity contribution >= 4 is 0 Å². The van der Waals surface area contributed by atoms with Crippen LogP contribution in [0.25, 0.3) is 11.4 Å². The smallest absolute Gasteiger partial charge is 0.395 e. The summed E-state index contributed by atoms with van der Waals surface area (Å²) >= 11 is 0. The minimum absolute atomic E-state index is 0.168. The summed E-state index contributed by atoms with van der Waals surface area (Å²) in [4.78, 5) is 3.77. The number of tetrazole rings is 1. The van der Waals surface area contributed by atoms with Gasteiger partial charge in [0.15, 0.2) is 23.0 Å². The highest BCUT2D eigenvalue weighted by Crippen LogP contribution is 2.50. The van der Waals surface area contributed by atoms with E-state index in [2.05, 4.69) is 39.3 Å². The highest BCUT2D eigenvalue weighted by atomic mass is 19.3. The Morgan fingerprint density at radius 3 is 1.89 bits per heavy atom. The molecule has 3 aromatic carbocycles. The van der Waals surface area contributed by atoms with Gasteiger partial charge < -0.3 is 24.1 Å². The number of rotatable bonds is 7. The molecule has 230 valence electrons. The number of fused-ring (bicyclic) bond motifs is 2. The van der Waals surface area contributed by atoms with Crippen molar-refractivity contribution in [2.75, 3.05) is 13.1 Å². The lowest BCUT2D eigenvalue weighted by atomic mass is 9.72. The molecule has 1 fully saturated rings. The zero-order chi connectivity index (χ0) is 30.7. The monoisotopic (exact) mass is 613 g/mol. The summed E-state index contributed by atoms with van der Waals surface area (Å²) in [5, 5.41) is 24.8. The maximum absolute atomic E-state index is 13.8. The number of aliphatic hydroxyl groups is 1. The maximum Gasteiger partial charge on any atom is 0.586 e. The van der Waals surface area contributed by atoms with Crippen molar-refractivity contribution < 1.29 is 41.6 Å². The normalized spacial score (nSPS) is 19.0. The van der Waals surface area contributed by atoms with Crippen LogP contribution in [0.1, 0.15) is 36.5 Å². The third kappa shape index (κ3) is 5.17. The zero-order valence-corrected chi connectivity index (χ0v) is 23.4. The molecule has 10 nitrogen and oxygen atoms in total. The van der Waals surface area contributed by atoms with Crippen molar-refractivity contribution in [1.82, 2.24) is 25.1 Å². The highest BCUT2D eigenvalue weighted by Gasteiger charge is 2.48. The van der Waals surface area contributed by atoms with E-state index in [4.69, 9.17) is 0 Å². The van der Waals surface area contributed by atoms with Gasteiger partial charge in [-0.1, -0.05) is 36.4 Å². The van der Waals surface area contributed by atoms with Crippen LogP contribution in [0.15, 0.2) is 60.7 Å². The Bertz CT molecular complexity index is 1620. The van der Waals surface area contributed by atoms with Gasteiger partial charge in [-0.3, -0.25) is 4.90 Å². The molecule has 0 aliphatic carbocycles. The molecule has 0 unspecified atom stereocenters. The SMILES string of the molecule is CCn1nnc(-c2ccc(CN3CCC(C(O)(c4ccc5c(c4)OC(F)(F)O5)c4ccc5c(c4)OC(F)(F)O5)CC3)cc2)n1. The van der Waals surface area contributed by atoms with E-state index in [-0.39, 0.29) is 34.1 Å². The molecule has 3 aliphatic heterocycles. The van der Waals surface area contributed by atoms with Crippen LogP contribution in [-0.4, -0.2) is 55.9 Å². The molecule has 1 saturated heterocycles. The summed E-state index contributed by atoms with van der Waals surface area (Å²) in [7, 11) is 0. The van der Waals surface area contributed by atoms with Crippen LogP contribution in [0.3, 0.4) is 0 Å². The van der Waals surface area contributed by atoms with Gasteiger partial charge in [0.1, 0.15) is 5.60 Å². The average molecular weight is 614 g/mol. The summed E-state index contributed by atoms with van der Waals surface area (Å²) in [5.41, 5.74) is 0.694. The van der Waals surface area contributed by atoms with Gasteiger partial charge in [0, 0.05) is 12.1 Å². The fourth-order valence-corrected chi connectivity index (χ4v) is 6.03. The first-order valence-corrected chi connectivity index (χ1v) is 14.1. The molecule has 0 spiro atoms. The Morgan fingerprint density at radius 2 is 1.36 bits per heavy atom. The molecule has 4 aromatic rings. The van der Waals surface area contributed by atoms with Crippen LogP contribution in [0, 0.1) is 5.92 Å². The minimum atomic E-state index is -3.84. The minimum Gasteiger partial charge on any atom is -0.395 e. The molecule has 1 N–H and O–H groups in total. The second kappa shape index (κ2) is 10.3. The second-order valence-electron chi connectivity index (χ2n) is 11.0. The van der Waals surface area contributed by atoms with E-state index < -0.39 is 24.1 Å². The van der Waals surface area contributed by atoms with Crippen molar-refractivity contribution in [3.8, 4) is 34.4 Å². The third-order valence-electron chi connectivity index (χ3n) is 8.22. The van der Waals surface area contributed by atoms with Gasteiger partial charge in [0.25, 0.3) is 0 Å². The van der Waals surface area contributed by atoms with Crippen molar-refractivity contribution in [3.63, 3.8) is 0 Å². The Labute approximate surface area is 248 Å². The van der Waals surface area contributed by atoms with E-state index in [1.54, 1.807) is 0 Å². The molecular weight excluding hydrogens is 586 g/mol. The first-order valence-electron chi connectivity index (χ1n) is 14.1. The summed E-state index contributed by atoms with van der Waals surface area (Å²) in [6.45, 7) is 4.47. The van der Waals surface area contributed by atoms with E-state index in [0.717, 1.165) is 11.1 Å². The van der Waals surface area contributed by atoms with Crippen LogP contribution >= 0.6 is 0 Å². The van der Waals surface area contributed by atoms with E-state index in [1.165, 1.54) is 41.2 Å². The van der Waals surface area contributed by atoms with Crippen molar-refractivity contribution in [1.29, 1.82) is 0 Å². The molecule has 4 heterocycles. The number of aromatic nitrogens is 4. The molecule has 0 atom stereocenters. The molecule has 7 rings (SSSR count). The van der Waals surface area contributed by atoms with Gasteiger partial charge in [0.2, 0.25) is 5.82 Å². The van der Waals surface area contributed by atoms with Crippen LogP contribution in [0.5, 0.6) is 23.0 Å². The largest absolute Gasteiger partial charge is 0.586 e. The Balaban J connectivity index is 1.12. The van der Waals surface area contributed by atoms with E-state index in [1.807, 2.05) is 31.2 Å². The lowest BCUT2D eigenvalue weighted by molar-refractivity contribution is -0.287. The molecule has 0 amide bonds. The number of aryl methyl sites for hydroxylation is 1. The molecule has 14 heteroatoms. The topological polar surface area (TPSA) is 104 Å². The third-order valence-corrected chi connectivity index (χ3v) is 8.22. The van der Waals surface area contributed by atoms with Gasteiger partial charge in [0.05, 0.1) is 6.54 Å². The number of likely N-dealkylation sites (tertiary alicyclic amines) is 1. The Kier molecular flexibility index (Phi) is 6.66. The number of ether oxygens (including phenoxy) is 4. The summed E-state index contributed by atoms with van der Waals surface area (Å²) in [6, 6.07) is 16.1. The standard InChI is InChI=1S/C30H27F4N5O5/c1-2-39-36-27(35-37-39)19-5-3-18(4-6-19)17-38-13-11-20(12-14-38)28(40,21-7-9-23-25(15-21)43-29(31,32)41-23)22-8-10-24-26(16-22)44-30(33,34)42-24/h3-10,15-16,20,40H,2,11-14,17H2,1H3. The molecule has 44 heavy (non-hydrogen) atoms. The first kappa shape index (κ1) is 28.3. The van der Waals surface area contributed by atoms with Gasteiger partial charge >= 0.3 is 12.6 Å². The van der Waals surface area contributed by atoms with Crippen molar-refractivity contribution in [2.24, 2.45) is 5.92 Å². The van der Waals surface area contributed by atoms with Gasteiger partial charge in [-0.15, -0.1) is 27.8 Å².